The SMILES string of the molecule is Cc1cn2c(-c3nccc(N4CCNC(/C(C=[NH2+])=C/N)C4C)n3)cnc2cn1. The van der Waals surface area contributed by atoms with Gasteiger partial charge in [0, 0.05) is 43.3 Å². The third-order valence-corrected chi connectivity index (χ3v) is 5.12. The van der Waals surface area contributed by atoms with E-state index in [0.717, 1.165) is 41.5 Å². The summed E-state index contributed by atoms with van der Waals surface area (Å²) in [6.07, 6.45) is 10.3. The first kappa shape index (κ1) is 18.1. The monoisotopic (exact) mass is 378 g/mol. The first-order valence-electron chi connectivity index (χ1n) is 9.22. The average Bonchev–Trinajstić information content (AvgIpc) is 3.13. The largest absolute Gasteiger partial charge is 0.404 e. The van der Waals surface area contributed by atoms with Gasteiger partial charge in [0.1, 0.15) is 11.5 Å². The van der Waals surface area contributed by atoms with Gasteiger partial charge in [-0.2, -0.15) is 0 Å². The standard InChI is InChI=1S/C19H23N9/c1-12-11-28-15(9-25-17(28)10-24-12)19-23-4-3-16(26-19)27-6-5-22-18(13(27)2)14(7-20)8-21/h3-4,7-11,13,18,20,22H,5-6,21H2,1-2H3/p+1/b14-8+,20-7?. The fourth-order valence-corrected chi connectivity index (χ4v) is 3.66. The van der Waals surface area contributed by atoms with Gasteiger partial charge in [-0.3, -0.25) is 14.8 Å². The molecule has 144 valence electrons. The molecule has 0 spiro atoms. The van der Waals surface area contributed by atoms with Crippen LogP contribution >= 0.6 is 0 Å². The van der Waals surface area contributed by atoms with Crippen molar-refractivity contribution in [1.82, 2.24) is 29.7 Å². The minimum atomic E-state index is 0.0340. The Hall–Kier alpha value is -3.33. The van der Waals surface area contributed by atoms with Crippen molar-refractivity contribution in [2.24, 2.45) is 5.73 Å². The predicted molar refractivity (Wildman–Crippen MR) is 108 cm³/mol. The molecule has 9 nitrogen and oxygen atoms in total. The van der Waals surface area contributed by atoms with E-state index in [9.17, 15) is 0 Å². The predicted octanol–water partition coefficient (Wildman–Crippen LogP) is -0.666. The molecule has 0 radical (unpaired) electrons. The van der Waals surface area contributed by atoms with Crippen LogP contribution in [0.5, 0.6) is 0 Å². The molecular weight excluding hydrogens is 354 g/mol. The molecule has 5 N–H and O–H groups in total. The summed E-state index contributed by atoms with van der Waals surface area (Å²) in [4.78, 5) is 20.2. The topological polar surface area (TPSA) is 123 Å². The number of imidazole rings is 1. The van der Waals surface area contributed by atoms with E-state index in [1.807, 2.05) is 23.6 Å². The fraction of sp³-hybridized carbons (Fsp3) is 0.316. The number of nitrogens with one attached hydrogen (secondary N) is 1. The van der Waals surface area contributed by atoms with Crippen LogP contribution in [-0.2, 0) is 0 Å². The van der Waals surface area contributed by atoms with E-state index in [-0.39, 0.29) is 12.1 Å². The first-order chi connectivity index (χ1) is 13.6. The summed E-state index contributed by atoms with van der Waals surface area (Å²) in [7, 11) is 0. The van der Waals surface area contributed by atoms with Crippen LogP contribution in [0.2, 0.25) is 0 Å². The van der Waals surface area contributed by atoms with Gasteiger partial charge in [0.25, 0.3) is 0 Å². The van der Waals surface area contributed by atoms with Crippen molar-refractivity contribution in [3.63, 3.8) is 0 Å². The molecule has 0 amide bonds. The van der Waals surface area contributed by atoms with Gasteiger partial charge in [-0.1, -0.05) is 0 Å². The third kappa shape index (κ3) is 3.09. The van der Waals surface area contributed by atoms with Crippen molar-refractivity contribution < 1.29 is 5.41 Å². The Morgan fingerprint density at radius 1 is 1.32 bits per heavy atom. The highest BCUT2D eigenvalue weighted by Crippen LogP contribution is 2.24. The Bertz CT molecular complexity index is 1040. The zero-order valence-corrected chi connectivity index (χ0v) is 15.9. The summed E-state index contributed by atoms with van der Waals surface area (Å²) < 4.78 is 1.96. The lowest BCUT2D eigenvalue weighted by atomic mass is 9.98. The molecule has 2 unspecified atom stereocenters. The normalized spacial score (nSPS) is 20.5. The zero-order chi connectivity index (χ0) is 19.7. The maximum absolute atomic E-state index is 5.74. The van der Waals surface area contributed by atoms with Gasteiger partial charge in [0.2, 0.25) is 0 Å². The molecule has 2 atom stereocenters. The Balaban J connectivity index is 1.70. The van der Waals surface area contributed by atoms with Gasteiger partial charge in [-0.15, -0.1) is 0 Å². The van der Waals surface area contributed by atoms with Crippen molar-refractivity contribution in [3.8, 4) is 11.5 Å². The summed E-state index contributed by atoms with van der Waals surface area (Å²) in [5.41, 5.74) is 9.11. The van der Waals surface area contributed by atoms with Crippen molar-refractivity contribution in [3.05, 3.63) is 48.3 Å². The molecule has 4 heterocycles. The van der Waals surface area contributed by atoms with Crippen LogP contribution in [0.4, 0.5) is 5.82 Å². The lowest BCUT2D eigenvalue weighted by Gasteiger charge is -2.40. The Morgan fingerprint density at radius 3 is 2.96 bits per heavy atom. The second-order valence-electron chi connectivity index (χ2n) is 6.84. The molecule has 0 bridgehead atoms. The van der Waals surface area contributed by atoms with E-state index in [1.165, 1.54) is 0 Å². The highest BCUT2D eigenvalue weighted by molar-refractivity contribution is 5.75. The Morgan fingerprint density at radius 2 is 2.18 bits per heavy atom. The summed E-state index contributed by atoms with van der Waals surface area (Å²) >= 11 is 0. The maximum Gasteiger partial charge on any atom is 0.180 e. The molecule has 0 aromatic carbocycles. The van der Waals surface area contributed by atoms with Crippen LogP contribution in [0.1, 0.15) is 12.6 Å². The summed E-state index contributed by atoms with van der Waals surface area (Å²) in [5, 5.41) is 9.22. The van der Waals surface area contributed by atoms with Gasteiger partial charge in [0.05, 0.1) is 24.1 Å². The van der Waals surface area contributed by atoms with E-state index in [2.05, 4.69) is 32.1 Å². The van der Waals surface area contributed by atoms with E-state index >= 15 is 0 Å². The number of aromatic nitrogens is 5. The number of piperazine rings is 1. The van der Waals surface area contributed by atoms with E-state index < -0.39 is 0 Å². The third-order valence-electron chi connectivity index (χ3n) is 5.12. The lowest BCUT2D eigenvalue weighted by Crippen LogP contribution is -2.59. The van der Waals surface area contributed by atoms with Gasteiger partial charge < -0.3 is 16.0 Å². The van der Waals surface area contributed by atoms with Crippen LogP contribution in [0.15, 0.2) is 42.6 Å². The number of hydrogen-bond donors (Lipinski definition) is 3. The number of rotatable bonds is 4. The zero-order valence-electron chi connectivity index (χ0n) is 15.9. The number of aryl methyl sites for hydroxylation is 1. The smallest absolute Gasteiger partial charge is 0.180 e. The molecule has 0 aliphatic carbocycles. The number of fused-ring (bicyclic) bond motifs is 1. The van der Waals surface area contributed by atoms with E-state index in [0.29, 0.717) is 5.82 Å². The molecular formula is C19H24N9+. The maximum atomic E-state index is 5.74. The molecule has 3 aromatic heterocycles. The number of nitrogens with two attached hydrogens (primary N) is 2. The fourth-order valence-electron chi connectivity index (χ4n) is 3.66. The minimum Gasteiger partial charge on any atom is -0.404 e. The van der Waals surface area contributed by atoms with Crippen LogP contribution in [0, 0.1) is 6.92 Å². The van der Waals surface area contributed by atoms with Gasteiger partial charge in [0.15, 0.2) is 17.7 Å². The first-order valence-corrected chi connectivity index (χ1v) is 9.22. The molecule has 1 fully saturated rings. The van der Waals surface area contributed by atoms with Gasteiger partial charge in [-0.25, -0.2) is 15.0 Å². The van der Waals surface area contributed by atoms with Crippen LogP contribution < -0.4 is 21.4 Å². The van der Waals surface area contributed by atoms with Gasteiger partial charge >= 0.3 is 0 Å². The lowest BCUT2D eigenvalue weighted by molar-refractivity contribution is -0.105. The summed E-state index contributed by atoms with van der Waals surface area (Å²) in [6, 6.07) is 2.09. The van der Waals surface area contributed by atoms with Crippen molar-refractivity contribution in [1.29, 1.82) is 0 Å². The minimum absolute atomic E-state index is 0.0340. The quantitative estimate of drug-likeness (QED) is 0.515. The van der Waals surface area contributed by atoms with Crippen molar-refractivity contribution in [2.45, 2.75) is 25.9 Å². The van der Waals surface area contributed by atoms with Crippen molar-refractivity contribution in [2.75, 3.05) is 18.0 Å². The molecule has 9 heteroatoms. The second-order valence-corrected chi connectivity index (χ2v) is 6.84. The molecule has 1 aliphatic heterocycles. The van der Waals surface area contributed by atoms with Crippen molar-refractivity contribution >= 4 is 17.7 Å². The Labute approximate surface area is 162 Å². The molecule has 28 heavy (non-hydrogen) atoms. The number of hydrogen-bond acceptors (Lipinski definition) is 7. The van der Waals surface area contributed by atoms with E-state index in [1.54, 1.807) is 31.0 Å². The van der Waals surface area contributed by atoms with E-state index in [4.69, 9.17) is 16.1 Å². The molecule has 4 rings (SSSR count). The van der Waals surface area contributed by atoms with Crippen LogP contribution in [0.3, 0.4) is 0 Å². The number of nitrogens with zero attached hydrogens (tertiary/aromatic N) is 6. The molecule has 1 saturated heterocycles. The van der Waals surface area contributed by atoms with Crippen LogP contribution in [0.25, 0.3) is 17.2 Å². The average molecular weight is 378 g/mol. The molecule has 0 saturated carbocycles. The molecule has 1 aliphatic rings. The highest BCUT2D eigenvalue weighted by atomic mass is 15.3. The number of anilines is 1. The Kier molecular flexibility index (Phi) is 4.74. The van der Waals surface area contributed by atoms with Gasteiger partial charge in [-0.05, 0) is 19.9 Å². The van der Waals surface area contributed by atoms with Crippen LogP contribution in [-0.4, -0.2) is 55.7 Å². The summed E-state index contributed by atoms with van der Waals surface area (Å²) in [5.74, 6) is 1.48. The highest BCUT2D eigenvalue weighted by Gasteiger charge is 2.31. The molecule has 3 aromatic rings. The summed E-state index contributed by atoms with van der Waals surface area (Å²) in [6.45, 7) is 5.71. The second kappa shape index (κ2) is 7.35.